The standard InChI is InChI=1S/C12H10BrFN2O3S/c1-19-12-11(3-2-6-15-12)16-20(17,18)8-4-5-9(13)10(14)7-8/h2-7,16H,1H3. The lowest BCUT2D eigenvalue weighted by Crippen LogP contribution is -2.14. The Balaban J connectivity index is 2.38. The van der Waals surface area contributed by atoms with Crippen molar-refractivity contribution in [3.63, 3.8) is 0 Å². The number of ether oxygens (including phenoxy) is 1. The van der Waals surface area contributed by atoms with Gasteiger partial charge in [0.25, 0.3) is 10.0 Å². The highest BCUT2D eigenvalue weighted by Crippen LogP contribution is 2.25. The third kappa shape index (κ3) is 3.07. The summed E-state index contributed by atoms with van der Waals surface area (Å²) in [6.45, 7) is 0. The van der Waals surface area contributed by atoms with Crippen LogP contribution >= 0.6 is 15.9 Å². The van der Waals surface area contributed by atoms with E-state index < -0.39 is 15.8 Å². The van der Waals surface area contributed by atoms with Crippen LogP contribution in [0.1, 0.15) is 0 Å². The summed E-state index contributed by atoms with van der Waals surface area (Å²) in [6.07, 6.45) is 1.47. The Bertz CT molecular complexity index is 737. The van der Waals surface area contributed by atoms with Crippen LogP contribution in [-0.4, -0.2) is 20.5 Å². The first kappa shape index (κ1) is 14.7. The van der Waals surface area contributed by atoms with Crippen LogP contribution in [0.15, 0.2) is 45.9 Å². The van der Waals surface area contributed by atoms with Gasteiger partial charge in [0.15, 0.2) is 0 Å². The number of anilines is 1. The minimum atomic E-state index is -3.92. The highest BCUT2D eigenvalue weighted by atomic mass is 79.9. The van der Waals surface area contributed by atoms with Crippen molar-refractivity contribution in [1.29, 1.82) is 0 Å². The number of benzene rings is 1. The Morgan fingerprint density at radius 2 is 2.10 bits per heavy atom. The number of rotatable bonds is 4. The number of nitrogens with one attached hydrogen (secondary N) is 1. The molecular formula is C12H10BrFN2O3S. The topological polar surface area (TPSA) is 68.3 Å². The van der Waals surface area contributed by atoms with Gasteiger partial charge in [0.1, 0.15) is 11.5 Å². The summed E-state index contributed by atoms with van der Waals surface area (Å²) in [5.41, 5.74) is 0.179. The van der Waals surface area contributed by atoms with Crippen molar-refractivity contribution >= 4 is 31.6 Å². The summed E-state index contributed by atoms with van der Waals surface area (Å²) in [6, 6.07) is 6.60. The molecule has 2 rings (SSSR count). The number of methoxy groups -OCH3 is 1. The third-order valence-electron chi connectivity index (χ3n) is 2.41. The molecule has 0 fully saturated rings. The molecule has 0 aliphatic rings. The molecule has 1 N–H and O–H groups in total. The Hall–Kier alpha value is -1.67. The monoisotopic (exact) mass is 360 g/mol. The van der Waals surface area contributed by atoms with Gasteiger partial charge in [-0.2, -0.15) is 0 Å². The van der Waals surface area contributed by atoms with E-state index >= 15 is 0 Å². The lowest BCUT2D eigenvalue weighted by atomic mass is 10.3. The van der Waals surface area contributed by atoms with E-state index in [0.717, 1.165) is 6.07 Å². The Kier molecular flexibility index (Phi) is 4.24. The molecule has 0 amide bonds. The molecule has 0 bridgehead atoms. The van der Waals surface area contributed by atoms with Crippen molar-refractivity contribution in [2.75, 3.05) is 11.8 Å². The van der Waals surface area contributed by atoms with Crippen LogP contribution < -0.4 is 9.46 Å². The van der Waals surface area contributed by atoms with E-state index in [1.165, 1.54) is 31.5 Å². The molecule has 0 aliphatic heterocycles. The summed E-state index contributed by atoms with van der Waals surface area (Å²) in [7, 11) is -2.54. The van der Waals surface area contributed by atoms with Gasteiger partial charge in [0.2, 0.25) is 5.88 Å². The van der Waals surface area contributed by atoms with E-state index in [1.807, 2.05) is 0 Å². The molecule has 20 heavy (non-hydrogen) atoms. The normalized spacial score (nSPS) is 11.2. The zero-order chi connectivity index (χ0) is 14.8. The third-order valence-corrected chi connectivity index (χ3v) is 4.42. The van der Waals surface area contributed by atoms with E-state index in [9.17, 15) is 12.8 Å². The summed E-state index contributed by atoms with van der Waals surface area (Å²) >= 11 is 2.97. The number of pyridine rings is 1. The van der Waals surface area contributed by atoms with Crippen molar-refractivity contribution in [3.8, 4) is 5.88 Å². The minimum absolute atomic E-state index is 0.133. The first-order chi connectivity index (χ1) is 9.44. The van der Waals surface area contributed by atoms with Crippen molar-refractivity contribution in [2.45, 2.75) is 4.90 Å². The number of hydrogen-bond acceptors (Lipinski definition) is 4. The van der Waals surface area contributed by atoms with Crippen LogP contribution in [0.2, 0.25) is 0 Å². The molecular weight excluding hydrogens is 351 g/mol. The predicted octanol–water partition coefficient (Wildman–Crippen LogP) is 2.79. The zero-order valence-electron chi connectivity index (χ0n) is 10.3. The van der Waals surface area contributed by atoms with Crippen molar-refractivity contribution in [1.82, 2.24) is 4.98 Å². The maximum absolute atomic E-state index is 13.4. The summed E-state index contributed by atoms with van der Waals surface area (Å²) in [4.78, 5) is 3.69. The number of aromatic nitrogens is 1. The maximum atomic E-state index is 13.4. The smallest absolute Gasteiger partial charge is 0.262 e. The van der Waals surface area contributed by atoms with Crippen LogP contribution in [0, 0.1) is 5.82 Å². The molecule has 0 atom stereocenters. The SMILES string of the molecule is COc1ncccc1NS(=O)(=O)c1ccc(Br)c(F)c1. The van der Waals surface area contributed by atoms with Crippen LogP contribution in [0.5, 0.6) is 5.88 Å². The molecule has 0 radical (unpaired) electrons. The second-order valence-corrected chi connectivity index (χ2v) is 6.28. The summed E-state index contributed by atoms with van der Waals surface area (Å²) < 4.78 is 45.2. The first-order valence-corrected chi connectivity index (χ1v) is 7.68. The molecule has 1 heterocycles. The highest BCUT2D eigenvalue weighted by molar-refractivity contribution is 9.10. The van der Waals surface area contributed by atoms with E-state index in [4.69, 9.17) is 4.74 Å². The largest absolute Gasteiger partial charge is 0.480 e. The average molecular weight is 361 g/mol. The molecule has 0 aliphatic carbocycles. The molecule has 0 saturated heterocycles. The molecule has 106 valence electrons. The molecule has 0 spiro atoms. The van der Waals surface area contributed by atoms with Gasteiger partial charge in [-0.05, 0) is 46.3 Å². The van der Waals surface area contributed by atoms with Crippen molar-refractivity contribution < 1.29 is 17.5 Å². The molecule has 8 heteroatoms. The molecule has 5 nitrogen and oxygen atoms in total. The average Bonchev–Trinajstić information content (AvgIpc) is 2.42. The highest BCUT2D eigenvalue weighted by Gasteiger charge is 2.18. The van der Waals surface area contributed by atoms with Crippen LogP contribution in [0.3, 0.4) is 0 Å². The van der Waals surface area contributed by atoms with Gasteiger partial charge < -0.3 is 4.74 Å². The van der Waals surface area contributed by atoms with Gasteiger partial charge in [0.05, 0.1) is 16.5 Å². The van der Waals surface area contributed by atoms with Crippen molar-refractivity contribution in [3.05, 3.63) is 46.8 Å². The summed E-state index contributed by atoms with van der Waals surface area (Å²) in [5.74, 6) is -0.528. The van der Waals surface area contributed by atoms with Gasteiger partial charge in [-0.3, -0.25) is 4.72 Å². The number of halogens is 2. The van der Waals surface area contributed by atoms with Crippen LogP contribution in [0.4, 0.5) is 10.1 Å². The zero-order valence-corrected chi connectivity index (χ0v) is 12.7. The van der Waals surface area contributed by atoms with Gasteiger partial charge in [-0.25, -0.2) is 17.8 Å². The van der Waals surface area contributed by atoms with Gasteiger partial charge in [-0.1, -0.05) is 0 Å². The quantitative estimate of drug-likeness (QED) is 0.909. The van der Waals surface area contributed by atoms with E-state index in [1.54, 1.807) is 6.07 Å². The second-order valence-electron chi connectivity index (χ2n) is 3.74. The van der Waals surface area contributed by atoms with Crippen LogP contribution in [-0.2, 0) is 10.0 Å². The second kappa shape index (κ2) is 5.76. The van der Waals surface area contributed by atoms with Gasteiger partial charge in [0, 0.05) is 6.20 Å². The predicted molar refractivity (Wildman–Crippen MR) is 75.7 cm³/mol. The van der Waals surface area contributed by atoms with Gasteiger partial charge in [-0.15, -0.1) is 0 Å². The lowest BCUT2D eigenvalue weighted by molar-refractivity contribution is 0.400. The fraction of sp³-hybridized carbons (Fsp3) is 0.0833. The number of nitrogens with zero attached hydrogens (tertiary/aromatic N) is 1. The maximum Gasteiger partial charge on any atom is 0.262 e. The molecule has 2 aromatic rings. The Morgan fingerprint density at radius 1 is 1.35 bits per heavy atom. The Labute approximate surface area is 124 Å². The number of sulfonamides is 1. The van der Waals surface area contributed by atoms with Gasteiger partial charge >= 0.3 is 0 Å². The molecule has 0 saturated carbocycles. The fourth-order valence-corrected chi connectivity index (χ4v) is 2.79. The van der Waals surface area contributed by atoms with E-state index in [-0.39, 0.29) is 20.9 Å². The Morgan fingerprint density at radius 3 is 2.75 bits per heavy atom. The fourth-order valence-electron chi connectivity index (χ4n) is 1.48. The minimum Gasteiger partial charge on any atom is -0.480 e. The first-order valence-electron chi connectivity index (χ1n) is 5.41. The molecule has 0 unspecified atom stereocenters. The van der Waals surface area contributed by atoms with Crippen molar-refractivity contribution in [2.24, 2.45) is 0 Å². The number of hydrogen-bond donors (Lipinski definition) is 1. The lowest BCUT2D eigenvalue weighted by Gasteiger charge is -2.10. The van der Waals surface area contributed by atoms with E-state index in [0.29, 0.717) is 0 Å². The van der Waals surface area contributed by atoms with Crippen LogP contribution in [0.25, 0.3) is 0 Å². The molecule has 1 aromatic heterocycles. The molecule has 1 aromatic carbocycles. The summed E-state index contributed by atoms with van der Waals surface area (Å²) in [5, 5.41) is 0. The van der Waals surface area contributed by atoms with E-state index in [2.05, 4.69) is 25.6 Å².